The molecule has 2 heteroatoms. The van der Waals surface area contributed by atoms with E-state index in [1.54, 1.807) is 0 Å². The molecule has 0 bridgehead atoms. The average Bonchev–Trinajstić information content (AvgIpc) is 3.61. The molecule has 1 fully saturated rings. The molecule has 6 rings (SSSR count). The summed E-state index contributed by atoms with van der Waals surface area (Å²) in [6.45, 7) is 0. The van der Waals surface area contributed by atoms with Gasteiger partial charge in [-0.2, -0.15) is 0 Å². The van der Waals surface area contributed by atoms with Crippen LogP contribution in [0.25, 0.3) is 0 Å². The number of nitrogens with zero attached hydrogens (tertiary/aromatic N) is 2. The highest BCUT2D eigenvalue weighted by molar-refractivity contribution is 6.07. The van der Waals surface area contributed by atoms with E-state index in [-0.39, 0.29) is 12.1 Å². The van der Waals surface area contributed by atoms with Crippen LogP contribution in [0.2, 0.25) is 0 Å². The molecule has 1 saturated heterocycles. The van der Waals surface area contributed by atoms with Gasteiger partial charge < -0.3 is 0 Å². The molecule has 2 aliphatic rings. The van der Waals surface area contributed by atoms with Gasteiger partial charge in [-0.15, -0.1) is 0 Å². The zero-order chi connectivity index (χ0) is 20.6. The lowest BCUT2D eigenvalue weighted by Gasteiger charge is -2.32. The predicted octanol–water partition coefficient (Wildman–Crippen LogP) is 6.40. The van der Waals surface area contributed by atoms with Gasteiger partial charge in [-0.1, -0.05) is 121 Å². The Morgan fingerprint density at radius 1 is 0.452 bits per heavy atom. The molecule has 1 unspecified atom stereocenters. The van der Waals surface area contributed by atoms with Crippen molar-refractivity contribution in [3.05, 3.63) is 144 Å². The molecule has 2 aliphatic heterocycles. The molecule has 0 amide bonds. The molecule has 0 aliphatic carbocycles. The highest BCUT2D eigenvalue weighted by atomic mass is 15.4. The molecule has 150 valence electrons. The standard InChI is InChI=1S/C29H24N2/c1-5-13-21(14-6-1)25-27(23-17-9-3-10-18-23)31-28(24-19-11-4-12-20-24)29(31)26(30-25)22-15-7-2-8-16-22/h1-20,25,27-29H/t25-,27-,28+,29+,31?/m1/s1. The van der Waals surface area contributed by atoms with Crippen molar-refractivity contribution >= 4 is 5.71 Å². The third kappa shape index (κ3) is 3.20. The number of fused-ring (bicyclic) bond motifs is 1. The molecular formula is C29H24N2. The molecular weight excluding hydrogens is 376 g/mol. The summed E-state index contributed by atoms with van der Waals surface area (Å²) in [5, 5.41) is 0. The number of rotatable bonds is 4. The number of aliphatic imine (C=N–C) groups is 1. The van der Waals surface area contributed by atoms with Crippen LogP contribution in [0.3, 0.4) is 0 Å². The van der Waals surface area contributed by atoms with Crippen LogP contribution in [0.4, 0.5) is 0 Å². The molecule has 0 N–H and O–H groups in total. The normalized spacial score (nSPS) is 26.6. The predicted molar refractivity (Wildman–Crippen MR) is 126 cm³/mol. The van der Waals surface area contributed by atoms with Crippen LogP contribution in [0.15, 0.2) is 126 Å². The SMILES string of the molecule is c1ccc(C2=N[C@H](c3ccccc3)[C@@H](c3ccccc3)N3[C@@H]2[C@@H]3c2ccccc2)cc1. The van der Waals surface area contributed by atoms with Crippen molar-refractivity contribution in [2.24, 2.45) is 4.99 Å². The Morgan fingerprint density at radius 2 is 0.903 bits per heavy atom. The summed E-state index contributed by atoms with van der Waals surface area (Å²) >= 11 is 0. The topological polar surface area (TPSA) is 15.4 Å². The molecule has 31 heavy (non-hydrogen) atoms. The van der Waals surface area contributed by atoms with Crippen molar-refractivity contribution in [1.29, 1.82) is 0 Å². The summed E-state index contributed by atoms with van der Waals surface area (Å²) in [5.74, 6) is 0. The first-order valence-corrected chi connectivity index (χ1v) is 11.0. The van der Waals surface area contributed by atoms with Gasteiger partial charge in [0.25, 0.3) is 0 Å². The van der Waals surface area contributed by atoms with E-state index in [2.05, 4.69) is 126 Å². The van der Waals surface area contributed by atoms with Gasteiger partial charge in [0.2, 0.25) is 0 Å². The van der Waals surface area contributed by atoms with E-state index in [4.69, 9.17) is 4.99 Å². The van der Waals surface area contributed by atoms with Crippen molar-refractivity contribution in [3.63, 3.8) is 0 Å². The fourth-order valence-corrected chi connectivity index (χ4v) is 5.12. The zero-order valence-corrected chi connectivity index (χ0v) is 17.3. The maximum absolute atomic E-state index is 5.45. The number of hydrogen-bond donors (Lipinski definition) is 0. The first-order valence-electron chi connectivity index (χ1n) is 11.0. The van der Waals surface area contributed by atoms with Crippen LogP contribution < -0.4 is 0 Å². The fraction of sp³-hybridized carbons (Fsp3) is 0.138. The second-order valence-corrected chi connectivity index (χ2v) is 8.34. The highest BCUT2D eigenvalue weighted by Gasteiger charge is 2.59. The van der Waals surface area contributed by atoms with E-state index in [0.717, 1.165) is 0 Å². The Hall–Kier alpha value is -3.49. The maximum atomic E-state index is 5.45. The summed E-state index contributed by atoms with van der Waals surface area (Å²) < 4.78 is 0. The maximum Gasteiger partial charge on any atom is 0.0950 e. The second kappa shape index (κ2) is 7.64. The molecule has 0 radical (unpaired) electrons. The Labute approximate surface area is 183 Å². The Bertz CT molecular complexity index is 1190. The molecule has 0 spiro atoms. The summed E-state index contributed by atoms with van der Waals surface area (Å²) in [6.07, 6.45) is 0. The van der Waals surface area contributed by atoms with Crippen LogP contribution in [0, 0.1) is 0 Å². The average molecular weight is 401 g/mol. The minimum absolute atomic E-state index is 0.0590. The van der Waals surface area contributed by atoms with Gasteiger partial charge in [0, 0.05) is 0 Å². The quantitative estimate of drug-likeness (QED) is 0.362. The summed E-state index contributed by atoms with van der Waals surface area (Å²) in [4.78, 5) is 8.12. The van der Waals surface area contributed by atoms with Gasteiger partial charge in [0.1, 0.15) is 0 Å². The summed E-state index contributed by atoms with van der Waals surface area (Å²) in [5.41, 5.74) is 6.39. The minimum Gasteiger partial charge on any atom is -0.277 e. The molecule has 2 nitrogen and oxygen atoms in total. The van der Waals surface area contributed by atoms with Gasteiger partial charge >= 0.3 is 0 Å². The molecule has 0 saturated carbocycles. The largest absolute Gasteiger partial charge is 0.277 e. The van der Waals surface area contributed by atoms with Gasteiger partial charge in [-0.25, -0.2) is 0 Å². The van der Waals surface area contributed by atoms with E-state index in [9.17, 15) is 0 Å². The molecule has 4 aromatic rings. The number of hydrogen-bond acceptors (Lipinski definition) is 2. The molecule has 4 aromatic carbocycles. The van der Waals surface area contributed by atoms with Crippen LogP contribution in [-0.4, -0.2) is 16.7 Å². The lowest BCUT2D eigenvalue weighted by atomic mass is 9.91. The zero-order valence-electron chi connectivity index (χ0n) is 17.3. The Balaban J connectivity index is 1.54. The van der Waals surface area contributed by atoms with Crippen molar-refractivity contribution in [2.45, 2.75) is 24.2 Å². The van der Waals surface area contributed by atoms with Gasteiger partial charge in [0.15, 0.2) is 0 Å². The van der Waals surface area contributed by atoms with E-state index in [0.29, 0.717) is 12.1 Å². The monoisotopic (exact) mass is 400 g/mol. The number of benzene rings is 4. The van der Waals surface area contributed by atoms with Gasteiger partial charge in [-0.05, 0) is 22.3 Å². The van der Waals surface area contributed by atoms with E-state index < -0.39 is 0 Å². The van der Waals surface area contributed by atoms with Crippen molar-refractivity contribution in [3.8, 4) is 0 Å². The molecule has 0 aromatic heterocycles. The van der Waals surface area contributed by atoms with E-state index in [1.807, 2.05) is 0 Å². The first kappa shape index (κ1) is 18.3. The fourth-order valence-electron chi connectivity index (χ4n) is 5.12. The molecule has 2 heterocycles. The van der Waals surface area contributed by atoms with Gasteiger partial charge in [0.05, 0.1) is 29.9 Å². The van der Waals surface area contributed by atoms with Gasteiger partial charge in [-0.3, -0.25) is 9.89 Å². The second-order valence-electron chi connectivity index (χ2n) is 8.34. The van der Waals surface area contributed by atoms with Crippen molar-refractivity contribution < 1.29 is 0 Å². The van der Waals surface area contributed by atoms with E-state index >= 15 is 0 Å². The van der Waals surface area contributed by atoms with Crippen molar-refractivity contribution in [2.75, 3.05) is 0 Å². The van der Waals surface area contributed by atoms with Crippen LogP contribution in [0.5, 0.6) is 0 Å². The van der Waals surface area contributed by atoms with E-state index in [1.165, 1.54) is 28.0 Å². The lowest BCUT2D eigenvalue weighted by molar-refractivity contribution is 0.311. The lowest BCUT2D eigenvalue weighted by Crippen LogP contribution is -2.29. The van der Waals surface area contributed by atoms with Crippen LogP contribution in [-0.2, 0) is 0 Å². The highest BCUT2D eigenvalue weighted by Crippen LogP contribution is 2.58. The minimum atomic E-state index is 0.0590. The Kier molecular flexibility index (Phi) is 4.51. The van der Waals surface area contributed by atoms with Crippen LogP contribution >= 0.6 is 0 Å². The summed E-state index contributed by atoms with van der Waals surface area (Å²) in [7, 11) is 0. The summed E-state index contributed by atoms with van der Waals surface area (Å²) in [6, 6.07) is 44.2. The van der Waals surface area contributed by atoms with Crippen LogP contribution in [0.1, 0.15) is 40.4 Å². The third-order valence-corrected chi connectivity index (χ3v) is 6.52. The first-order chi connectivity index (χ1) is 15.4. The third-order valence-electron chi connectivity index (χ3n) is 6.52. The molecule has 5 atom stereocenters. The Morgan fingerprint density at radius 3 is 1.45 bits per heavy atom. The smallest absolute Gasteiger partial charge is 0.0950 e. The van der Waals surface area contributed by atoms with Crippen molar-refractivity contribution in [1.82, 2.24) is 4.90 Å².